The van der Waals surface area contributed by atoms with Crippen LogP contribution in [0.15, 0.2) is 12.1 Å². The molecule has 1 N–H and O–H groups in total. The van der Waals surface area contributed by atoms with Crippen molar-refractivity contribution in [3.05, 3.63) is 28.3 Å². The monoisotopic (exact) mass is 268 g/mol. The van der Waals surface area contributed by atoms with Gasteiger partial charge in [-0.25, -0.2) is 0 Å². The van der Waals surface area contributed by atoms with Gasteiger partial charge in [0, 0.05) is 0 Å². The number of carbonyl (C=O) groups is 1. The highest BCUT2D eigenvalue weighted by molar-refractivity contribution is 6.32. The van der Waals surface area contributed by atoms with Gasteiger partial charge < -0.3 is 9.84 Å². The van der Waals surface area contributed by atoms with Crippen LogP contribution >= 0.6 is 11.6 Å². The van der Waals surface area contributed by atoms with Crippen molar-refractivity contribution in [2.75, 3.05) is 7.11 Å². The second-order valence-corrected chi connectivity index (χ2v) is 5.31. The number of halogens is 1. The van der Waals surface area contributed by atoms with Crippen molar-refractivity contribution in [3.8, 4) is 5.75 Å². The van der Waals surface area contributed by atoms with E-state index in [4.69, 9.17) is 16.3 Å². The molecular formula is C14H17ClO3. The van der Waals surface area contributed by atoms with Crippen LogP contribution in [0.4, 0.5) is 0 Å². The van der Waals surface area contributed by atoms with Crippen LogP contribution in [0.5, 0.6) is 5.75 Å². The summed E-state index contributed by atoms with van der Waals surface area (Å²) in [4.78, 5) is 11.6. The molecule has 98 valence electrons. The zero-order valence-electron chi connectivity index (χ0n) is 10.6. The lowest BCUT2D eigenvalue weighted by atomic mass is 9.78. The first-order valence-electron chi connectivity index (χ1n) is 6.09. The van der Waals surface area contributed by atoms with Crippen molar-refractivity contribution in [1.82, 2.24) is 0 Å². The highest BCUT2D eigenvalue weighted by Gasteiger charge is 2.43. The van der Waals surface area contributed by atoms with E-state index >= 15 is 0 Å². The fourth-order valence-electron chi connectivity index (χ4n) is 2.87. The van der Waals surface area contributed by atoms with Crippen LogP contribution in [0.25, 0.3) is 0 Å². The summed E-state index contributed by atoms with van der Waals surface area (Å²) in [6.07, 6.45) is 3.28. The maximum Gasteiger partial charge on any atom is 0.314 e. The molecule has 1 aliphatic carbocycles. The van der Waals surface area contributed by atoms with Crippen LogP contribution in [-0.2, 0) is 10.2 Å². The van der Waals surface area contributed by atoms with Gasteiger partial charge in [0.15, 0.2) is 0 Å². The molecule has 0 aromatic heterocycles. The molecule has 0 heterocycles. The molecule has 0 unspecified atom stereocenters. The average Bonchev–Trinajstić information content (AvgIpc) is 2.78. The molecule has 1 fully saturated rings. The summed E-state index contributed by atoms with van der Waals surface area (Å²) >= 11 is 6.16. The largest absolute Gasteiger partial charge is 0.495 e. The number of carboxylic acid groups (broad SMARTS) is 1. The summed E-state index contributed by atoms with van der Waals surface area (Å²) in [6, 6.07) is 3.64. The van der Waals surface area contributed by atoms with Crippen LogP contribution < -0.4 is 4.74 Å². The molecule has 1 aromatic carbocycles. The Morgan fingerprint density at radius 1 is 1.39 bits per heavy atom. The Bertz CT molecular complexity index is 453. The van der Waals surface area contributed by atoms with E-state index < -0.39 is 11.4 Å². The lowest BCUT2D eigenvalue weighted by Crippen LogP contribution is -2.32. The first-order valence-corrected chi connectivity index (χ1v) is 6.47. The Kier molecular flexibility index (Phi) is 3.53. The number of hydrogen-bond donors (Lipinski definition) is 1. The van der Waals surface area contributed by atoms with Gasteiger partial charge in [0.2, 0.25) is 0 Å². The molecule has 0 aliphatic heterocycles. The number of methoxy groups -OCH3 is 1. The van der Waals surface area contributed by atoms with Crippen LogP contribution in [-0.4, -0.2) is 18.2 Å². The van der Waals surface area contributed by atoms with Crippen molar-refractivity contribution in [2.45, 2.75) is 38.0 Å². The van der Waals surface area contributed by atoms with Gasteiger partial charge in [-0.05, 0) is 37.0 Å². The fourth-order valence-corrected chi connectivity index (χ4v) is 3.21. The summed E-state index contributed by atoms with van der Waals surface area (Å²) in [5.74, 6) is -0.125. The number of hydrogen-bond acceptors (Lipinski definition) is 2. The number of aryl methyl sites for hydroxylation is 1. The van der Waals surface area contributed by atoms with Gasteiger partial charge in [0.25, 0.3) is 0 Å². The van der Waals surface area contributed by atoms with E-state index in [1.165, 1.54) is 0 Å². The molecule has 0 amide bonds. The van der Waals surface area contributed by atoms with Gasteiger partial charge in [-0.2, -0.15) is 0 Å². The fraction of sp³-hybridized carbons (Fsp3) is 0.500. The van der Waals surface area contributed by atoms with E-state index in [-0.39, 0.29) is 0 Å². The molecule has 1 aliphatic rings. The second-order valence-electron chi connectivity index (χ2n) is 4.90. The maximum absolute atomic E-state index is 11.6. The molecule has 0 spiro atoms. The zero-order valence-corrected chi connectivity index (χ0v) is 11.4. The van der Waals surface area contributed by atoms with Crippen LogP contribution in [0, 0.1) is 6.92 Å². The smallest absolute Gasteiger partial charge is 0.314 e. The summed E-state index contributed by atoms with van der Waals surface area (Å²) < 4.78 is 5.21. The van der Waals surface area contributed by atoms with Gasteiger partial charge in [-0.15, -0.1) is 0 Å². The lowest BCUT2D eigenvalue weighted by molar-refractivity contribution is -0.143. The number of carboxylic acids is 1. The molecule has 0 atom stereocenters. The predicted octanol–water partition coefficient (Wildman–Crippen LogP) is 3.55. The number of rotatable bonds is 3. The lowest BCUT2D eigenvalue weighted by Gasteiger charge is -2.25. The SMILES string of the molecule is COc1c(C)cc(C2(C(=O)O)CCCC2)cc1Cl. The highest BCUT2D eigenvalue weighted by Crippen LogP contribution is 2.44. The Morgan fingerprint density at radius 2 is 2.00 bits per heavy atom. The summed E-state index contributed by atoms with van der Waals surface area (Å²) in [5.41, 5.74) is 0.920. The molecule has 18 heavy (non-hydrogen) atoms. The van der Waals surface area contributed by atoms with Gasteiger partial charge in [-0.1, -0.05) is 30.5 Å². The van der Waals surface area contributed by atoms with E-state index in [1.54, 1.807) is 13.2 Å². The predicted molar refractivity (Wildman–Crippen MR) is 70.5 cm³/mol. The Morgan fingerprint density at radius 3 is 2.44 bits per heavy atom. The number of aliphatic carboxylic acids is 1. The molecule has 3 nitrogen and oxygen atoms in total. The van der Waals surface area contributed by atoms with E-state index in [1.807, 2.05) is 13.0 Å². The van der Waals surface area contributed by atoms with E-state index in [0.29, 0.717) is 23.6 Å². The first kappa shape index (κ1) is 13.2. The van der Waals surface area contributed by atoms with Crippen molar-refractivity contribution in [1.29, 1.82) is 0 Å². The topological polar surface area (TPSA) is 46.5 Å². The zero-order chi connectivity index (χ0) is 13.3. The standard InChI is InChI=1S/C14H17ClO3/c1-9-7-10(8-11(15)12(9)18-2)14(13(16)17)5-3-4-6-14/h7-8H,3-6H2,1-2H3,(H,16,17). The molecule has 4 heteroatoms. The van der Waals surface area contributed by atoms with Gasteiger partial charge in [0.1, 0.15) is 5.75 Å². The number of ether oxygens (including phenoxy) is 1. The first-order chi connectivity index (χ1) is 8.51. The minimum atomic E-state index is -0.763. The summed E-state index contributed by atoms with van der Waals surface area (Å²) in [6.45, 7) is 1.89. The Labute approximate surface area is 112 Å². The van der Waals surface area contributed by atoms with E-state index in [2.05, 4.69) is 0 Å². The molecular weight excluding hydrogens is 252 g/mol. The van der Waals surface area contributed by atoms with Crippen LogP contribution in [0.2, 0.25) is 5.02 Å². The molecule has 2 rings (SSSR count). The van der Waals surface area contributed by atoms with E-state index in [9.17, 15) is 9.90 Å². The van der Waals surface area contributed by atoms with Crippen molar-refractivity contribution in [2.24, 2.45) is 0 Å². The summed E-state index contributed by atoms with van der Waals surface area (Å²) in [7, 11) is 1.57. The Balaban J connectivity index is 2.53. The average molecular weight is 269 g/mol. The second kappa shape index (κ2) is 4.81. The third-order valence-corrected chi connectivity index (χ3v) is 4.13. The normalized spacial score (nSPS) is 17.7. The maximum atomic E-state index is 11.6. The molecule has 0 bridgehead atoms. The van der Waals surface area contributed by atoms with Gasteiger partial charge in [-0.3, -0.25) is 4.79 Å². The highest BCUT2D eigenvalue weighted by atomic mass is 35.5. The third-order valence-electron chi connectivity index (χ3n) is 3.85. The van der Waals surface area contributed by atoms with E-state index in [0.717, 1.165) is 24.0 Å². The summed E-state index contributed by atoms with van der Waals surface area (Å²) in [5, 5.41) is 10.0. The van der Waals surface area contributed by atoms with Gasteiger partial charge in [0.05, 0.1) is 17.5 Å². The van der Waals surface area contributed by atoms with Crippen molar-refractivity contribution in [3.63, 3.8) is 0 Å². The quantitative estimate of drug-likeness (QED) is 0.912. The molecule has 0 radical (unpaired) electrons. The molecule has 1 saturated carbocycles. The van der Waals surface area contributed by atoms with Crippen LogP contribution in [0.3, 0.4) is 0 Å². The third kappa shape index (κ3) is 1.97. The number of benzene rings is 1. The molecule has 1 aromatic rings. The Hall–Kier alpha value is -1.22. The van der Waals surface area contributed by atoms with Crippen molar-refractivity contribution < 1.29 is 14.6 Å². The van der Waals surface area contributed by atoms with Gasteiger partial charge >= 0.3 is 5.97 Å². The minimum Gasteiger partial charge on any atom is -0.495 e. The van der Waals surface area contributed by atoms with Crippen molar-refractivity contribution >= 4 is 17.6 Å². The minimum absolute atomic E-state index is 0.486. The molecule has 0 saturated heterocycles. The van der Waals surface area contributed by atoms with Crippen LogP contribution in [0.1, 0.15) is 36.8 Å².